The lowest BCUT2D eigenvalue weighted by atomic mass is 10.3. The molecule has 152 valence electrons. The van der Waals surface area contributed by atoms with E-state index in [2.05, 4.69) is 4.99 Å². The number of rotatable bonds is 7. The van der Waals surface area contributed by atoms with Crippen molar-refractivity contribution in [2.75, 3.05) is 27.9 Å². The van der Waals surface area contributed by atoms with Gasteiger partial charge in [0.05, 0.1) is 31.5 Å². The Balaban J connectivity index is 1.89. The van der Waals surface area contributed by atoms with Crippen LogP contribution < -0.4 is 19.0 Å². The van der Waals surface area contributed by atoms with Crippen LogP contribution in [0, 0.1) is 0 Å². The number of nitrogens with zero attached hydrogens (tertiary/aromatic N) is 2. The molecule has 0 unspecified atom stereocenters. The van der Waals surface area contributed by atoms with Crippen LogP contribution in [0.1, 0.15) is 0 Å². The van der Waals surface area contributed by atoms with E-state index in [0.29, 0.717) is 22.0 Å². The first-order valence-corrected chi connectivity index (χ1v) is 9.44. The highest BCUT2D eigenvalue weighted by Crippen LogP contribution is 2.23. The zero-order valence-electron chi connectivity index (χ0n) is 16.2. The van der Waals surface area contributed by atoms with E-state index in [0.717, 1.165) is 10.2 Å². The Morgan fingerprint density at radius 1 is 1.00 bits per heavy atom. The van der Waals surface area contributed by atoms with Crippen molar-refractivity contribution in [3.05, 3.63) is 47.3 Å². The van der Waals surface area contributed by atoms with Crippen molar-refractivity contribution in [3.63, 3.8) is 0 Å². The normalized spacial score (nSPS) is 11.3. The Kier molecular flexibility index (Phi) is 6.50. The molecule has 1 heterocycles. The lowest BCUT2D eigenvalue weighted by Gasteiger charge is -2.06. The minimum absolute atomic E-state index is 0.0638. The fraction of sp³-hybridized carbons (Fsp3) is 0.250. The number of carbonyl (C=O) groups is 2. The summed E-state index contributed by atoms with van der Waals surface area (Å²) in [5.74, 6) is 0.868. The lowest BCUT2D eigenvalue weighted by molar-refractivity contribution is -0.141. The average molecular weight is 416 g/mol. The second-order valence-corrected chi connectivity index (χ2v) is 6.86. The van der Waals surface area contributed by atoms with Crippen molar-refractivity contribution >= 4 is 33.4 Å². The molecule has 8 nitrogen and oxygen atoms in total. The molecule has 0 radical (unpaired) electrons. The van der Waals surface area contributed by atoms with Gasteiger partial charge in [0, 0.05) is 6.07 Å². The van der Waals surface area contributed by atoms with Crippen LogP contribution in [0.15, 0.2) is 47.5 Å². The van der Waals surface area contributed by atoms with Gasteiger partial charge in [-0.15, -0.1) is 0 Å². The van der Waals surface area contributed by atoms with E-state index in [1.807, 2.05) is 12.1 Å². The summed E-state index contributed by atoms with van der Waals surface area (Å²) in [5, 5.41) is 0. The zero-order chi connectivity index (χ0) is 20.8. The van der Waals surface area contributed by atoms with E-state index in [1.54, 1.807) is 49.1 Å². The van der Waals surface area contributed by atoms with Gasteiger partial charge >= 0.3 is 5.97 Å². The predicted octanol–water partition coefficient (Wildman–Crippen LogP) is 2.40. The van der Waals surface area contributed by atoms with Crippen molar-refractivity contribution in [3.8, 4) is 17.2 Å². The number of hydrogen-bond acceptors (Lipinski definition) is 7. The molecule has 0 saturated heterocycles. The minimum Gasteiger partial charge on any atom is -0.497 e. The summed E-state index contributed by atoms with van der Waals surface area (Å²) >= 11 is 1.27. The molecule has 2 aromatic carbocycles. The van der Waals surface area contributed by atoms with Crippen LogP contribution in [0.25, 0.3) is 10.2 Å². The molecule has 9 heteroatoms. The largest absolute Gasteiger partial charge is 0.497 e. The van der Waals surface area contributed by atoms with Gasteiger partial charge in [-0.3, -0.25) is 9.59 Å². The van der Waals surface area contributed by atoms with Crippen LogP contribution in [0.2, 0.25) is 0 Å². The summed E-state index contributed by atoms with van der Waals surface area (Å²) < 4.78 is 23.1. The van der Waals surface area contributed by atoms with E-state index in [9.17, 15) is 9.59 Å². The molecular formula is C20H20N2O6S. The Morgan fingerprint density at radius 3 is 2.45 bits per heavy atom. The van der Waals surface area contributed by atoms with Gasteiger partial charge in [0.15, 0.2) is 11.4 Å². The lowest BCUT2D eigenvalue weighted by Crippen LogP contribution is -2.23. The number of esters is 1. The highest BCUT2D eigenvalue weighted by molar-refractivity contribution is 7.16. The second-order valence-electron chi connectivity index (χ2n) is 5.85. The van der Waals surface area contributed by atoms with Gasteiger partial charge in [-0.05, 0) is 30.3 Å². The number of fused-ring (bicyclic) bond motifs is 1. The summed E-state index contributed by atoms with van der Waals surface area (Å²) in [5.41, 5.74) is 0.751. The number of amides is 1. The van der Waals surface area contributed by atoms with E-state index in [1.165, 1.54) is 18.4 Å². The van der Waals surface area contributed by atoms with E-state index < -0.39 is 11.9 Å². The summed E-state index contributed by atoms with van der Waals surface area (Å²) in [6.45, 7) is -0.311. The Hall–Kier alpha value is -3.33. The van der Waals surface area contributed by atoms with Crippen LogP contribution >= 0.6 is 11.3 Å². The van der Waals surface area contributed by atoms with Gasteiger partial charge in [-0.2, -0.15) is 4.99 Å². The topological polar surface area (TPSA) is 88.4 Å². The molecule has 0 aliphatic rings. The van der Waals surface area contributed by atoms with Gasteiger partial charge < -0.3 is 23.5 Å². The third-order valence-electron chi connectivity index (χ3n) is 4.03. The molecule has 0 fully saturated rings. The van der Waals surface area contributed by atoms with Crippen LogP contribution in [-0.2, 0) is 20.9 Å². The third-order valence-corrected chi connectivity index (χ3v) is 5.07. The number of thiazole rings is 1. The Morgan fingerprint density at radius 2 is 1.72 bits per heavy atom. The molecule has 0 aliphatic carbocycles. The van der Waals surface area contributed by atoms with Crippen LogP contribution in [0.5, 0.6) is 17.2 Å². The molecule has 0 spiro atoms. The van der Waals surface area contributed by atoms with Crippen molar-refractivity contribution in [2.45, 2.75) is 6.54 Å². The fourth-order valence-electron chi connectivity index (χ4n) is 2.59. The van der Waals surface area contributed by atoms with Gasteiger partial charge in [-0.25, -0.2) is 0 Å². The average Bonchev–Trinajstić information content (AvgIpc) is 3.08. The maximum atomic E-state index is 12.4. The smallest absolute Gasteiger partial charge is 0.325 e. The third kappa shape index (κ3) is 4.94. The maximum Gasteiger partial charge on any atom is 0.325 e. The van der Waals surface area contributed by atoms with Crippen LogP contribution in [0.4, 0.5) is 0 Å². The Labute approximate surface area is 170 Å². The number of benzene rings is 2. The van der Waals surface area contributed by atoms with Gasteiger partial charge in [-0.1, -0.05) is 17.4 Å². The molecule has 29 heavy (non-hydrogen) atoms. The van der Waals surface area contributed by atoms with Crippen LogP contribution in [0.3, 0.4) is 0 Å². The molecule has 3 rings (SSSR count). The quantitative estimate of drug-likeness (QED) is 0.550. The molecule has 0 N–H and O–H groups in total. The molecule has 0 saturated carbocycles. The SMILES string of the molecule is COC(=O)Cn1c(=NC(=O)COc2cccc(OC)c2)sc2cc(OC)ccc21. The number of aromatic nitrogens is 1. The monoisotopic (exact) mass is 416 g/mol. The molecule has 1 aromatic heterocycles. The molecular weight excluding hydrogens is 396 g/mol. The van der Waals surface area contributed by atoms with E-state index >= 15 is 0 Å². The minimum atomic E-state index is -0.482. The number of methoxy groups -OCH3 is 3. The predicted molar refractivity (Wildman–Crippen MR) is 107 cm³/mol. The second kappa shape index (κ2) is 9.24. The summed E-state index contributed by atoms with van der Waals surface area (Å²) in [4.78, 5) is 28.7. The van der Waals surface area contributed by atoms with Gasteiger partial charge in [0.25, 0.3) is 5.91 Å². The highest BCUT2D eigenvalue weighted by Gasteiger charge is 2.13. The first kappa shape index (κ1) is 20.4. The fourth-order valence-corrected chi connectivity index (χ4v) is 3.66. The molecule has 0 bridgehead atoms. The first-order chi connectivity index (χ1) is 14.0. The zero-order valence-corrected chi connectivity index (χ0v) is 17.0. The molecule has 0 aliphatic heterocycles. The highest BCUT2D eigenvalue weighted by atomic mass is 32.1. The standard InChI is InChI=1S/C20H20N2O6S/c1-25-13-5-4-6-15(9-13)28-12-18(23)21-20-22(11-19(24)27-3)16-8-7-14(26-2)10-17(16)29-20/h4-10H,11-12H2,1-3H3. The van der Waals surface area contributed by atoms with Crippen LogP contribution in [-0.4, -0.2) is 44.4 Å². The number of ether oxygens (including phenoxy) is 4. The summed E-state index contributed by atoms with van der Waals surface area (Å²) in [6.07, 6.45) is 0. The van der Waals surface area contributed by atoms with Crippen molar-refractivity contribution in [2.24, 2.45) is 4.99 Å². The van der Waals surface area contributed by atoms with Gasteiger partial charge in [0.2, 0.25) is 0 Å². The Bertz CT molecular complexity index is 1100. The van der Waals surface area contributed by atoms with E-state index in [4.69, 9.17) is 18.9 Å². The molecule has 0 atom stereocenters. The summed E-state index contributed by atoms with van der Waals surface area (Å²) in [7, 11) is 4.43. The number of carbonyl (C=O) groups excluding carboxylic acids is 2. The van der Waals surface area contributed by atoms with Gasteiger partial charge in [0.1, 0.15) is 23.8 Å². The van der Waals surface area contributed by atoms with E-state index in [-0.39, 0.29) is 13.2 Å². The number of hydrogen-bond donors (Lipinski definition) is 0. The van der Waals surface area contributed by atoms with Crippen molar-refractivity contribution < 1.29 is 28.5 Å². The first-order valence-electron chi connectivity index (χ1n) is 8.62. The van der Waals surface area contributed by atoms with Crippen molar-refractivity contribution in [1.29, 1.82) is 0 Å². The van der Waals surface area contributed by atoms with Crippen molar-refractivity contribution in [1.82, 2.24) is 4.57 Å². The molecule has 1 amide bonds. The maximum absolute atomic E-state index is 12.4. The molecule has 3 aromatic rings. The summed E-state index contributed by atoms with van der Waals surface area (Å²) in [6, 6.07) is 12.4.